The predicted octanol–water partition coefficient (Wildman–Crippen LogP) is 3.79. The first-order valence-corrected chi connectivity index (χ1v) is 7.54. The molecular formula is C16H30O2. The van der Waals surface area contributed by atoms with E-state index in [1.165, 1.54) is 12.8 Å². The second-order valence-electron chi connectivity index (χ2n) is 5.93. The van der Waals surface area contributed by atoms with E-state index >= 15 is 0 Å². The molecule has 106 valence electrons. The van der Waals surface area contributed by atoms with Crippen LogP contribution in [0, 0.1) is 17.8 Å². The van der Waals surface area contributed by atoms with Crippen molar-refractivity contribution in [3.8, 4) is 0 Å². The summed E-state index contributed by atoms with van der Waals surface area (Å²) in [6.45, 7) is 8.15. The molecule has 1 N–H and O–H groups in total. The van der Waals surface area contributed by atoms with Crippen LogP contribution < -0.4 is 0 Å². The zero-order valence-electron chi connectivity index (χ0n) is 12.3. The van der Waals surface area contributed by atoms with Crippen molar-refractivity contribution >= 4 is 0 Å². The molecule has 2 unspecified atom stereocenters. The maximum absolute atomic E-state index is 8.86. The Bertz CT molecular complexity index is 237. The van der Waals surface area contributed by atoms with Gasteiger partial charge in [-0.25, -0.2) is 0 Å². The second kappa shape index (κ2) is 8.71. The van der Waals surface area contributed by atoms with Crippen LogP contribution in [-0.4, -0.2) is 24.4 Å². The van der Waals surface area contributed by atoms with Crippen LogP contribution >= 0.6 is 0 Å². The van der Waals surface area contributed by atoms with Gasteiger partial charge in [-0.15, -0.1) is 0 Å². The Kier molecular flexibility index (Phi) is 7.60. The molecule has 2 heteroatoms. The second-order valence-corrected chi connectivity index (χ2v) is 5.93. The minimum absolute atomic E-state index is 0.328. The first-order valence-electron chi connectivity index (χ1n) is 7.54. The Labute approximate surface area is 112 Å². The lowest BCUT2D eigenvalue weighted by Gasteiger charge is -2.26. The van der Waals surface area contributed by atoms with Gasteiger partial charge in [-0.05, 0) is 43.4 Å². The Balaban J connectivity index is 2.22. The first-order chi connectivity index (χ1) is 8.65. The molecule has 0 bridgehead atoms. The SMILES string of the molecule is CC(CCCO)[C@@H](C)CC[C@@H](C)C1C=CCCO1. The molecule has 0 radical (unpaired) electrons. The van der Waals surface area contributed by atoms with Crippen molar-refractivity contribution in [1.29, 1.82) is 0 Å². The van der Waals surface area contributed by atoms with E-state index in [-0.39, 0.29) is 0 Å². The third-order valence-electron chi connectivity index (χ3n) is 4.35. The summed E-state index contributed by atoms with van der Waals surface area (Å²) in [7, 11) is 0. The summed E-state index contributed by atoms with van der Waals surface area (Å²) < 4.78 is 5.78. The van der Waals surface area contributed by atoms with E-state index in [9.17, 15) is 0 Å². The molecule has 0 saturated heterocycles. The molecule has 18 heavy (non-hydrogen) atoms. The van der Waals surface area contributed by atoms with Crippen LogP contribution in [0.2, 0.25) is 0 Å². The number of aliphatic hydroxyl groups excluding tert-OH is 1. The minimum Gasteiger partial charge on any atom is -0.396 e. The highest BCUT2D eigenvalue weighted by molar-refractivity contribution is 4.95. The van der Waals surface area contributed by atoms with Crippen LogP contribution in [0.4, 0.5) is 0 Å². The Hall–Kier alpha value is -0.340. The fourth-order valence-corrected chi connectivity index (χ4v) is 2.58. The molecule has 0 aliphatic carbocycles. The number of hydrogen-bond acceptors (Lipinski definition) is 2. The highest BCUT2D eigenvalue weighted by Gasteiger charge is 2.19. The van der Waals surface area contributed by atoms with E-state index in [1.807, 2.05) is 0 Å². The quantitative estimate of drug-likeness (QED) is 0.668. The van der Waals surface area contributed by atoms with Gasteiger partial charge in [0.25, 0.3) is 0 Å². The van der Waals surface area contributed by atoms with E-state index in [0.717, 1.165) is 31.8 Å². The molecule has 4 atom stereocenters. The molecule has 0 spiro atoms. The zero-order valence-corrected chi connectivity index (χ0v) is 12.3. The fourth-order valence-electron chi connectivity index (χ4n) is 2.58. The topological polar surface area (TPSA) is 29.5 Å². The smallest absolute Gasteiger partial charge is 0.0781 e. The van der Waals surface area contributed by atoms with E-state index in [2.05, 4.69) is 32.9 Å². The van der Waals surface area contributed by atoms with Gasteiger partial charge >= 0.3 is 0 Å². The third kappa shape index (κ3) is 5.53. The summed E-state index contributed by atoms with van der Waals surface area (Å²) in [4.78, 5) is 0. The van der Waals surface area contributed by atoms with Crippen molar-refractivity contribution in [2.45, 2.75) is 59.0 Å². The van der Waals surface area contributed by atoms with Crippen molar-refractivity contribution in [3.05, 3.63) is 12.2 Å². The largest absolute Gasteiger partial charge is 0.396 e. The monoisotopic (exact) mass is 254 g/mol. The molecule has 1 rings (SSSR count). The summed E-state index contributed by atoms with van der Waals surface area (Å²) >= 11 is 0. The maximum atomic E-state index is 8.86. The van der Waals surface area contributed by atoms with Crippen molar-refractivity contribution in [3.63, 3.8) is 0 Å². The predicted molar refractivity (Wildman–Crippen MR) is 76.5 cm³/mol. The van der Waals surface area contributed by atoms with Gasteiger partial charge in [-0.1, -0.05) is 39.3 Å². The van der Waals surface area contributed by atoms with E-state index in [0.29, 0.717) is 24.5 Å². The Morgan fingerprint density at radius 2 is 1.89 bits per heavy atom. The van der Waals surface area contributed by atoms with Crippen molar-refractivity contribution in [2.75, 3.05) is 13.2 Å². The molecule has 0 saturated carbocycles. The lowest BCUT2D eigenvalue weighted by molar-refractivity contribution is 0.0397. The van der Waals surface area contributed by atoms with E-state index < -0.39 is 0 Å². The number of ether oxygens (including phenoxy) is 1. The van der Waals surface area contributed by atoms with Crippen molar-refractivity contribution in [2.24, 2.45) is 17.8 Å². The van der Waals surface area contributed by atoms with Crippen LogP contribution in [0.5, 0.6) is 0 Å². The standard InChI is InChI=1S/C16H30O2/c1-13(7-6-11-17)14(2)9-10-15(3)16-8-4-5-12-18-16/h4,8,13-17H,5-7,9-12H2,1-3H3/t13?,14-,15+,16?/m0/s1. The summed E-state index contributed by atoms with van der Waals surface area (Å²) in [5.74, 6) is 2.08. The molecule has 0 aromatic rings. The van der Waals surface area contributed by atoms with Gasteiger partial charge in [-0.3, -0.25) is 0 Å². The van der Waals surface area contributed by atoms with Crippen molar-refractivity contribution in [1.82, 2.24) is 0 Å². The highest BCUT2D eigenvalue weighted by Crippen LogP contribution is 2.26. The van der Waals surface area contributed by atoms with E-state index in [1.54, 1.807) is 0 Å². The molecule has 1 heterocycles. The lowest BCUT2D eigenvalue weighted by atomic mass is 9.85. The average molecular weight is 254 g/mol. The van der Waals surface area contributed by atoms with Gasteiger partial charge in [0.15, 0.2) is 0 Å². The van der Waals surface area contributed by atoms with Gasteiger partial charge in [0.05, 0.1) is 12.7 Å². The van der Waals surface area contributed by atoms with Gasteiger partial charge < -0.3 is 9.84 Å². The number of hydrogen-bond donors (Lipinski definition) is 1. The van der Waals surface area contributed by atoms with Crippen LogP contribution in [0.1, 0.15) is 52.9 Å². The number of aliphatic hydroxyl groups is 1. The summed E-state index contributed by atoms with van der Waals surface area (Å²) in [5, 5.41) is 8.86. The maximum Gasteiger partial charge on any atom is 0.0781 e. The summed E-state index contributed by atoms with van der Waals surface area (Å²) in [6.07, 6.45) is 10.5. The molecule has 1 aliphatic rings. The summed E-state index contributed by atoms with van der Waals surface area (Å²) in [5.41, 5.74) is 0. The third-order valence-corrected chi connectivity index (χ3v) is 4.35. The van der Waals surface area contributed by atoms with E-state index in [4.69, 9.17) is 9.84 Å². The minimum atomic E-state index is 0.328. The van der Waals surface area contributed by atoms with Crippen LogP contribution in [-0.2, 0) is 4.74 Å². The lowest BCUT2D eigenvalue weighted by Crippen LogP contribution is -2.23. The summed E-state index contributed by atoms with van der Waals surface area (Å²) in [6, 6.07) is 0. The molecule has 0 fully saturated rings. The molecule has 0 amide bonds. The average Bonchev–Trinajstić information content (AvgIpc) is 2.42. The van der Waals surface area contributed by atoms with Gasteiger partial charge in [0.2, 0.25) is 0 Å². The van der Waals surface area contributed by atoms with Crippen LogP contribution in [0.25, 0.3) is 0 Å². The Morgan fingerprint density at radius 1 is 1.17 bits per heavy atom. The normalized spacial score (nSPS) is 24.8. The number of rotatable bonds is 8. The van der Waals surface area contributed by atoms with Gasteiger partial charge in [-0.2, -0.15) is 0 Å². The molecule has 1 aliphatic heterocycles. The zero-order chi connectivity index (χ0) is 13.4. The first kappa shape index (κ1) is 15.7. The van der Waals surface area contributed by atoms with Gasteiger partial charge in [0.1, 0.15) is 0 Å². The molecule has 0 aromatic carbocycles. The fraction of sp³-hybridized carbons (Fsp3) is 0.875. The van der Waals surface area contributed by atoms with Crippen molar-refractivity contribution < 1.29 is 9.84 Å². The van der Waals surface area contributed by atoms with Crippen LogP contribution in [0.3, 0.4) is 0 Å². The molecular weight excluding hydrogens is 224 g/mol. The highest BCUT2D eigenvalue weighted by atomic mass is 16.5. The molecule has 0 aromatic heterocycles. The van der Waals surface area contributed by atoms with Gasteiger partial charge in [0, 0.05) is 6.61 Å². The Morgan fingerprint density at radius 3 is 2.50 bits per heavy atom. The van der Waals surface area contributed by atoms with Crippen LogP contribution in [0.15, 0.2) is 12.2 Å². The molecule has 2 nitrogen and oxygen atoms in total.